The van der Waals surface area contributed by atoms with Crippen LogP contribution in [-0.2, 0) is 12.8 Å². The van der Waals surface area contributed by atoms with Crippen LogP contribution >= 0.6 is 0 Å². The summed E-state index contributed by atoms with van der Waals surface area (Å²) >= 11 is 0. The number of aromatic nitrogens is 2. The van der Waals surface area contributed by atoms with Crippen LogP contribution in [0.3, 0.4) is 0 Å². The summed E-state index contributed by atoms with van der Waals surface area (Å²) in [6, 6.07) is 14.5. The molecule has 8 rings (SSSR count). The number of aromatic amines is 2. The fourth-order valence-corrected chi connectivity index (χ4v) is 8.11. The van der Waals surface area contributed by atoms with E-state index in [2.05, 4.69) is 95.7 Å². The van der Waals surface area contributed by atoms with E-state index in [4.69, 9.17) is 0 Å². The van der Waals surface area contributed by atoms with E-state index in [1.54, 1.807) is 5.56 Å². The number of nitrogens with zero attached hydrogens (tertiary/aromatic N) is 2. The van der Waals surface area contributed by atoms with Crippen molar-refractivity contribution in [2.24, 2.45) is 5.92 Å². The number of H-pyrrole nitrogens is 2. The van der Waals surface area contributed by atoms with E-state index in [-0.39, 0.29) is 6.61 Å². The highest BCUT2D eigenvalue weighted by Gasteiger charge is 2.39. The molecular weight excluding hydrogens is 468 g/mol. The third-order valence-corrected chi connectivity index (χ3v) is 10.0. The largest absolute Gasteiger partial charge is 0.392 e. The molecule has 4 heterocycles. The highest BCUT2D eigenvalue weighted by Crippen LogP contribution is 2.45. The summed E-state index contributed by atoms with van der Waals surface area (Å²) in [6.45, 7) is 4.66. The molecule has 0 amide bonds. The van der Waals surface area contributed by atoms with Gasteiger partial charge in [-0.3, -0.25) is 4.90 Å². The van der Waals surface area contributed by atoms with E-state index >= 15 is 0 Å². The minimum absolute atomic E-state index is 0.170. The lowest BCUT2D eigenvalue weighted by Gasteiger charge is -2.45. The van der Waals surface area contributed by atoms with Gasteiger partial charge in [0, 0.05) is 71.2 Å². The molecule has 2 aliphatic heterocycles. The summed E-state index contributed by atoms with van der Waals surface area (Å²) in [7, 11) is 4.48. The molecule has 198 valence electrons. The first-order valence-corrected chi connectivity index (χ1v) is 14.4. The quantitative estimate of drug-likeness (QED) is 0.310. The van der Waals surface area contributed by atoms with Crippen molar-refractivity contribution in [3.8, 4) is 0 Å². The molecule has 5 atom stereocenters. The van der Waals surface area contributed by atoms with Gasteiger partial charge < -0.3 is 20.0 Å². The molecule has 2 aliphatic carbocycles. The van der Waals surface area contributed by atoms with Gasteiger partial charge >= 0.3 is 0 Å². The summed E-state index contributed by atoms with van der Waals surface area (Å²) in [5, 5.41) is 12.4. The zero-order valence-electron chi connectivity index (χ0n) is 22.9. The van der Waals surface area contributed by atoms with Crippen molar-refractivity contribution in [1.29, 1.82) is 0 Å². The standard InChI is InChI=1S/C17H22N2.C16H18N2O/c1-3-11-7-14-13-5-4-6-15-17(13)12(9-18-15)8-16(14)19(2)10-11;1-18-8-10(9-19)5-13-12-3-2-4-14-16(12)11(7-17-14)6-15(13)18/h4-6,9,11,14,16,18H,3,7-8,10H2,1-2H3;2-5,7,13,15,17,19H,6,8-9H2,1H3/t11-,14-,16-;13-,15-/m11/s1. The average Bonchev–Trinajstić information content (AvgIpc) is 3.56. The molecule has 0 bridgehead atoms. The maximum Gasteiger partial charge on any atom is 0.0654 e. The van der Waals surface area contributed by atoms with E-state index in [1.807, 2.05) is 0 Å². The van der Waals surface area contributed by atoms with Crippen LogP contribution in [0, 0.1) is 5.92 Å². The fraction of sp³-hybridized carbons (Fsp3) is 0.455. The van der Waals surface area contributed by atoms with Gasteiger partial charge in [0.1, 0.15) is 0 Å². The van der Waals surface area contributed by atoms with Crippen LogP contribution in [0.1, 0.15) is 53.9 Å². The number of hydrogen-bond acceptors (Lipinski definition) is 3. The van der Waals surface area contributed by atoms with Crippen LogP contribution < -0.4 is 0 Å². The Morgan fingerprint density at radius 2 is 1.53 bits per heavy atom. The predicted molar refractivity (Wildman–Crippen MR) is 156 cm³/mol. The normalized spacial score (nSPS) is 28.4. The molecular formula is C33H40N4O. The van der Waals surface area contributed by atoms with Crippen LogP contribution in [-0.4, -0.2) is 70.7 Å². The van der Waals surface area contributed by atoms with Gasteiger partial charge in [0.15, 0.2) is 0 Å². The first kappa shape index (κ1) is 24.2. The average molecular weight is 509 g/mol. The number of hydrogen-bond donors (Lipinski definition) is 3. The number of rotatable bonds is 2. The number of fused-ring (bicyclic) bond motifs is 4. The summed E-state index contributed by atoms with van der Waals surface area (Å²) in [5.41, 5.74) is 9.65. The van der Waals surface area contributed by atoms with Crippen molar-refractivity contribution in [1.82, 2.24) is 19.8 Å². The number of benzene rings is 2. The van der Waals surface area contributed by atoms with E-state index in [9.17, 15) is 5.11 Å². The lowest BCUT2D eigenvalue weighted by Crippen LogP contribution is -2.47. The van der Waals surface area contributed by atoms with Crippen LogP contribution in [0.4, 0.5) is 0 Å². The maximum absolute atomic E-state index is 9.45. The smallest absolute Gasteiger partial charge is 0.0654 e. The van der Waals surface area contributed by atoms with E-state index in [0.717, 1.165) is 30.4 Å². The van der Waals surface area contributed by atoms with E-state index < -0.39 is 0 Å². The second kappa shape index (κ2) is 9.41. The maximum atomic E-state index is 9.45. The molecule has 38 heavy (non-hydrogen) atoms. The molecule has 5 nitrogen and oxygen atoms in total. The number of likely N-dealkylation sites (N-methyl/N-ethyl adjacent to an activating group) is 2. The van der Waals surface area contributed by atoms with Crippen molar-refractivity contribution in [2.45, 2.75) is 56.5 Å². The molecule has 0 spiro atoms. The Bertz CT molecular complexity index is 1510. The minimum Gasteiger partial charge on any atom is -0.392 e. The topological polar surface area (TPSA) is 58.3 Å². The molecule has 0 saturated carbocycles. The summed E-state index contributed by atoms with van der Waals surface area (Å²) in [6.07, 6.45) is 11.7. The van der Waals surface area contributed by atoms with Gasteiger partial charge in [-0.1, -0.05) is 43.7 Å². The Morgan fingerprint density at radius 1 is 0.868 bits per heavy atom. The first-order chi connectivity index (χ1) is 18.6. The first-order valence-electron chi connectivity index (χ1n) is 14.4. The van der Waals surface area contributed by atoms with Crippen molar-refractivity contribution < 1.29 is 5.11 Å². The lowest BCUT2D eigenvalue weighted by molar-refractivity contribution is 0.110. The second-order valence-electron chi connectivity index (χ2n) is 12.2. The number of likely N-dealkylation sites (tertiary alicyclic amines) is 1. The van der Waals surface area contributed by atoms with Crippen molar-refractivity contribution >= 4 is 21.8 Å². The van der Waals surface area contributed by atoms with Crippen molar-refractivity contribution in [3.05, 3.63) is 82.7 Å². The molecule has 1 saturated heterocycles. The van der Waals surface area contributed by atoms with E-state index in [0.29, 0.717) is 18.0 Å². The Labute approximate surface area is 225 Å². The number of aliphatic hydroxyl groups is 1. The molecule has 2 aromatic heterocycles. The number of piperidine rings is 1. The summed E-state index contributed by atoms with van der Waals surface area (Å²) < 4.78 is 0. The van der Waals surface area contributed by atoms with Gasteiger partial charge in [-0.15, -0.1) is 0 Å². The Morgan fingerprint density at radius 3 is 2.21 bits per heavy atom. The van der Waals surface area contributed by atoms with Crippen LogP contribution in [0.5, 0.6) is 0 Å². The van der Waals surface area contributed by atoms with Crippen LogP contribution in [0.2, 0.25) is 0 Å². The van der Waals surface area contributed by atoms with Gasteiger partial charge in [-0.2, -0.15) is 0 Å². The molecule has 0 radical (unpaired) electrons. The number of aliphatic hydroxyl groups excluding tert-OH is 1. The molecule has 0 unspecified atom stereocenters. The SMILES string of the molecule is CC[C@@H]1C[C@@H]2c3cccc4[nH]cc(c34)C[C@H]2N(C)C1.CN1CC(CO)=C[C@@H]2c3cccc4[nH]cc(c34)C[C@H]21. The Balaban J connectivity index is 0.000000127. The van der Waals surface area contributed by atoms with Gasteiger partial charge in [-0.25, -0.2) is 0 Å². The molecule has 4 aromatic rings. The molecule has 2 aromatic carbocycles. The lowest BCUT2D eigenvalue weighted by atomic mass is 9.72. The summed E-state index contributed by atoms with van der Waals surface area (Å²) in [5.74, 6) is 2.01. The van der Waals surface area contributed by atoms with Gasteiger partial charge in [0.05, 0.1) is 6.61 Å². The fourth-order valence-electron chi connectivity index (χ4n) is 8.11. The Hall–Kier alpha value is -2.86. The van der Waals surface area contributed by atoms with Crippen molar-refractivity contribution in [3.63, 3.8) is 0 Å². The van der Waals surface area contributed by atoms with E-state index in [1.165, 1.54) is 64.3 Å². The van der Waals surface area contributed by atoms with Gasteiger partial charge in [0.2, 0.25) is 0 Å². The Kier molecular flexibility index (Phi) is 5.99. The zero-order valence-corrected chi connectivity index (χ0v) is 22.9. The van der Waals surface area contributed by atoms with Crippen LogP contribution in [0.25, 0.3) is 21.8 Å². The van der Waals surface area contributed by atoms with Gasteiger partial charge in [-0.05, 0) is 79.2 Å². The summed E-state index contributed by atoms with van der Waals surface area (Å²) in [4.78, 5) is 11.8. The molecule has 1 fully saturated rings. The minimum atomic E-state index is 0.170. The second-order valence-corrected chi connectivity index (χ2v) is 12.2. The molecule has 4 aliphatic rings. The highest BCUT2D eigenvalue weighted by atomic mass is 16.3. The molecule has 5 heteroatoms. The number of nitrogens with one attached hydrogen (secondary N) is 2. The third kappa shape index (κ3) is 3.78. The zero-order chi connectivity index (χ0) is 26.0. The van der Waals surface area contributed by atoms with Crippen LogP contribution in [0.15, 0.2) is 60.4 Å². The van der Waals surface area contributed by atoms with Gasteiger partial charge in [0.25, 0.3) is 0 Å². The molecule has 3 N–H and O–H groups in total. The van der Waals surface area contributed by atoms with Crippen molar-refractivity contribution in [2.75, 3.05) is 33.8 Å². The third-order valence-electron chi connectivity index (χ3n) is 10.0. The highest BCUT2D eigenvalue weighted by molar-refractivity contribution is 5.89. The monoisotopic (exact) mass is 508 g/mol. The predicted octanol–water partition coefficient (Wildman–Crippen LogP) is 5.58.